The highest BCUT2D eigenvalue weighted by molar-refractivity contribution is 7.92. The van der Waals surface area contributed by atoms with Crippen LogP contribution in [0.25, 0.3) is 6.08 Å². The van der Waals surface area contributed by atoms with Crippen molar-refractivity contribution in [2.45, 2.75) is 6.54 Å². The summed E-state index contributed by atoms with van der Waals surface area (Å²) in [6.07, 6.45) is 1.59. The fourth-order valence-corrected chi connectivity index (χ4v) is 4.29. The van der Waals surface area contributed by atoms with Crippen LogP contribution in [0.1, 0.15) is 11.3 Å². The fraction of sp³-hybridized carbons (Fsp3) is 0.368. The van der Waals surface area contributed by atoms with Gasteiger partial charge in [0.2, 0.25) is 10.0 Å². The Morgan fingerprint density at radius 1 is 0.964 bits per heavy atom. The Hall–Kier alpha value is -2.49. The molecule has 0 aliphatic carbocycles. The van der Waals surface area contributed by atoms with E-state index in [1.807, 2.05) is 35.2 Å². The number of nitrogens with zero attached hydrogens (tertiary/aromatic N) is 4. The van der Waals surface area contributed by atoms with Gasteiger partial charge in [-0.1, -0.05) is 30.3 Å². The van der Waals surface area contributed by atoms with Crippen molar-refractivity contribution in [3.8, 4) is 0 Å². The van der Waals surface area contributed by atoms with Gasteiger partial charge in [-0.2, -0.15) is 4.31 Å². The Balaban J connectivity index is 1.64. The third-order valence-corrected chi connectivity index (χ3v) is 6.50. The molecule has 0 saturated carbocycles. The zero-order valence-electron chi connectivity index (χ0n) is 16.0. The van der Waals surface area contributed by atoms with Gasteiger partial charge in [-0.3, -0.25) is 18.8 Å². The van der Waals surface area contributed by atoms with E-state index in [9.17, 15) is 18.0 Å². The summed E-state index contributed by atoms with van der Waals surface area (Å²) >= 11 is 0. The Kier molecular flexibility index (Phi) is 5.97. The lowest BCUT2D eigenvalue weighted by Crippen LogP contribution is -2.48. The molecule has 1 fully saturated rings. The van der Waals surface area contributed by atoms with E-state index in [-0.39, 0.29) is 11.2 Å². The van der Waals surface area contributed by atoms with Crippen molar-refractivity contribution < 1.29 is 8.42 Å². The molecule has 2 heterocycles. The van der Waals surface area contributed by atoms with Crippen LogP contribution in [0, 0.1) is 0 Å². The molecule has 28 heavy (non-hydrogen) atoms. The predicted octanol–water partition coefficient (Wildman–Crippen LogP) is 0.202. The molecule has 0 N–H and O–H groups in total. The molecule has 1 aliphatic rings. The molecule has 1 aromatic heterocycles. The second-order valence-corrected chi connectivity index (χ2v) is 8.63. The summed E-state index contributed by atoms with van der Waals surface area (Å²) in [7, 11) is -0.411. The van der Waals surface area contributed by atoms with Crippen molar-refractivity contribution in [2.75, 3.05) is 26.2 Å². The molecule has 8 nitrogen and oxygen atoms in total. The molecule has 0 amide bonds. The molecule has 0 unspecified atom stereocenters. The zero-order valence-corrected chi connectivity index (χ0v) is 16.8. The first-order valence-electron chi connectivity index (χ1n) is 8.99. The highest BCUT2D eigenvalue weighted by atomic mass is 32.2. The van der Waals surface area contributed by atoms with E-state index in [1.165, 1.54) is 27.4 Å². The monoisotopic (exact) mass is 404 g/mol. The highest BCUT2D eigenvalue weighted by Gasteiger charge is 2.25. The van der Waals surface area contributed by atoms with Gasteiger partial charge in [0.15, 0.2) is 0 Å². The number of hydrogen-bond donors (Lipinski definition) is 0. The van der Waals surface area contributed by atoms with E-state index in [1.54, 1.807) is 13.1 Å². The Morgan fingerprint density at radius 2 is 1.61 bits per heavy atom. The van der Waals surface area contributed by atoms with E-state index in [0.717, 1.165) is 10.1 Å². The fourth-order valence-electron chi connectivity index (χ4n) is 3.12. The molecular weight excluding hydrogens is 380 g/mol. The molecule has 0 radical (unpaired) electrons. The predicted molar refractivity (Wildman–Crippen MR) is 108 cm³/mol. The van der Waals surface area contributed by atoms with Gasteiger partial charge >= 0.3 is 5.69 Å². The summed E-state index contributed by atoms with van der Waals surface area (Å²) in [6.45, 7) is 2.21. The molecule has 9 heteroatoms. The summed E-state index contributed by atoms with van der Waals surface area (Å²) < 4.78 is 29.0. The number of hydrogen-bond acceptors (Lipinski definition) is 5. The average Bonchev–Trinajstić information content (AvgIpc) is 2.70. The minimum Gasteiger partial charge on any atom is -0.299 e. The maximum Gasteiger partial charge on any atom is 0.330 e. The minimum atomic E-state index is -3.49. The van der Waals surface area contributed by atoms with Gasteiger partial charge in [0.25, 0.3) is 5.56 Å². The summed E-state index contributed by atoms with van der Waals surface area (Å²) in [6, 6.07) is 10.7. The maximum absolute atomic E-state index is 12.5. The van der Waals surface area contributed by atoms with Crippen LogP contribution in [0.4, 0.5) is 0 Å². The van der Waals surface area contributed by atoms with Gasteiger partial charge in [0, 0.05) is 64.0 Å². The van der Waals surface area contributed by atoms with Crippen LogP contribution in [0.15, 0.2) is 51.4 Å². The summed E-state index contributed by atoms with van der Waals surface area (Å²) in [5, 5.41) is 1.24. The number of benzene rings is 1. The van der Waals surface area contributed by atoms with Gasteiger partial charge < -0.3 is 0 Å². The van der Waals surface area contributed by atoms with Crippen LogP contribution in [-0.2, 0) is 30.7 Å². The standard InChI is InChI=1S/C19H24N4O4S/c1-20-17(14-18(24)21(2)19(20)25)15-22-9-11-23(12-10-22)28(26,27)13-8-16-6-4-3-5-7-16/h3-8,13-14H,9-12,15H2,1-2H3/b13-8+. The van der Waals surface area contributed by atoms with Gasteiger partial charge in [-0.25, -0.2) is 13.2 Å². The van der Waals surface area contributed by atoms with Crippen LogP contribution in [0.2, 0.25) is 0 Å². The first kappa shape index (κ1) is 20.2. The number of aromatic nitrogens is 2. The van der Waals surface area contributed by atoms with Gasteiger partial charge in [-0.15, -0.1) is 0 Å². The molecule has 150 valence electrons. The first-order chi connectivity index (χ1) is 13.3. The molecule has 0 atom stereocenters. The number of sulfonamides is 1. The van der Waals surface area contributed by atoms with Crippen molar-refractivity contribution in [1.29, 1.82) is 0 Å². The number of piperazine rings is 1. The highest BCUT2D eigenvalue weighted by Crippen LogP contribution is 2.13. The van der Waals surface area contributed by atoms with E-state index >= 15 is 0 Å². The zero-order chi connectivity index (χ0) is 20.3. The second-order valence-electron chi connectivity index (χ2n) is 6.81. The molecule has 0 bridgehead atoms. The van der Waals surface area contributed by atoms with Gasteiger partial charge in [0.1, 0.15) is 0 Å². The largest absolute Gasteiger partial charge is 0.330 e. The van der Waals surface area contributed by atoms with Crippen LogP contribution in [0.3, 0.4) is 0 Å². The van der Waals surface area contributed by atoms with Crippen LogP contribution < -0.4 is 11.2 Å². The normalized spacial score (nSPS) is 16.6. The van der Waals surface area contributed by atoms with Crippen molar-refractivity contribution in [2.24, 2.45) is 14.1 Å². The summed E-state index contributed by atoms with van der Waals surface area (Å²) in [5.41, 5.74) is 0.741. The SMILES string of the molecule is Cn1c(CN2CCN(S(=O)(=O)/C=C/c3ccccc3)CC2)cc(=O)n(C)c1=O. The van der Waals surface area contributed by atoms with E-state index in [2.05, 4.69) is 0 Å². The van der Waals surface area contributed by atoms with E-state index in [4.69, 9.17) is 0 Å². The minimum absolute atomic E-state index is 0.342. The molecule has 2 aromatic rings. The average molecular weight is 404 g/mol. The van der Waals surface area contributed by atoms with Crippen molar-refractivity contribution >= 4 is 16.1 Å². The maximum atomic E-state index is 12.5. The second kappa shape index (κ2) is 8.26. The third kappa shape index (κ3) is 4.49. The molecule has 3 rings (SSSR count). The van der Waals surface area contributed by atoms with Gasteiger partial charge in [0.05, 0.1) is 0 Å². The lowest BCUT2D eigenvalue weighted by atomic mass is 10.2. The molecule has 1 aromatic carbocycles. The lowest BCUT2D eigenvalue weighted by Gasteiger charge is -2.33. The Morgan fingerprint density at radius 3 is 2.25 bits per heavy atom. The van der Waals surface area contributed by atoms with Crippen LogP contribution in [-0.4, -0.2) is 52.9 Å². The lowest BCUT2D eigenvalue weighted by molar-refractivity contribution is 0.178. The molecular formula is C19H24N4O4S. The molecule has 0 spiro atoms. The summed E-state index contributed by atoms with van der Waals surface area (Å²) in [5.74, 6) is 0. The summed E-state index contributed by atoms with van der Waals surface area (Å²) in [4.78, 5) is 25.9. The smallest absolute Gasteiger partial charge is 0.299 e. The molecule has 1 saturated heterocycles. The molecule has 1 aliphatic heterocycles. The Bertz CT molecular complexity index is 1080. The van der Waals surface area contributed by atoms with Crippen LogP contribution in [0.5, 0.6) is 0 Å². The van der Waals surface area contributed by atoms with E-state index < -0.39 is 10.0 Å². The van der Waals surface area contributed by atoms with Crippen molar-refractivity contribution in [3.63, 3.8) is 0 Å². The third-order valence-electron chi connectivity index (χ3n) is 4.93. The van der Waals surface area contributed by atoms with Crippen LogP contribution >= 0.6 is 0 Å². The van der Waals surface area contributed by atoms with Crippen molar-refractivity contribution in [1.82, 2.24) is 18.3 Å². The van der Waals surface area contributed by atoms with E-state index in [0.29, 0.717) is 38.4 Å². The van der Waals surface area contributed by atoms with Crippen molar-refractivity contribution in [3.05, 3.63) is 73.9 Å². The Labute approximate surface area is 164 Å². The first-order valence-corrected chi connectivity index (χ1v) is 10.5. The number of rotatable bonds is 5. The van der Waals surface area contributed by atoms with Gasteiger partial charge in [-0.05, 0) is 11.6 Å². The quantitative estimate of drug-likeness (QED) is 0.711. The topological polar surface area (TPSA) is 84.6 Å².